The molecular weight excluding hydrogens is 342 g/mol. The maximum absolute atomic E-state index is 11.3. The van der Waals surface area contributed by atoms with E-state index in [0.717, 1.165) is 27.9 Å². The number of fused-ring (bicyclic) bond motifs is 2. The molecular formula is C20H19N5O2. The molecule has 0 unspecified atom stereocenters. The Morgan fingerprint density at radius 2 is 1.93 bits per heavy atom. The number of hydrogen-bond acceptors (Lipinski definition) is 5. The first kappa shape index (κ1) is 17.0. The van der Waals surface area contributed by atoms with Gasteiger partial charge in [0.25, 0.3) is 5.69 Å². The summed E-state index contributed by atoms with van der Waals surface area (Å²) in [6.45, 7) is 4.22. The highest BCUT2D eigenvalue weighted by molar-refractivity contribution is 5.99. The molecule has 4 aromatic rings. The zero-order valence-corrected chi connectivity index (χ0v) is 15.0. The van der Waals surface area contributed by atoms with E-state index in [4.69, 9.17) is 4.98 Å². The van der Waals surface area contributed by atoms with E-state index in [1.165, 1.54) is 12.3 Å². The molecule has 2 aromatic heterocycles. The summed E-state index contributed by atoms with van der Waals surface area (Å²) in [6.07, 6.45) is 3.17. The minimum Gasteiger partial charge on any atom is -0.374 e. The van der Waals surface area contributed by atoms with E-state index >= 15 is 0 Å². The van der Waals surface area contributed by atoms with Crippen LogP contribution in [-0.4, -0.2) is 19.9 Å². The summed E-state index contributed by atoms with van der Waals surface area (Å²) in [4.78, 5) is 23.1. The van der Waals surface area contributed by atoms with Gasteiger partial charge in [0.15, 0.2) is 0 Å². The van der Waals surface area contributed by atoms with E-state index in [2.05, 4.69) is 29.1 Å². The molecule has 27 heavy (non-hydrogen) atoms. The van der Waals surface area contributed by atoms with Crippen molar-refractivity contribution in [3.05, 3.63) is 70.8 Å². The first-order valence-corrected chi connectivity index (χ1v) is 8.77. The maximum atomic E-state index is 11.3. The van der Waals surface area contributed by atoms with Gasteiger partial charge in [0.05, 0.1) is 27.4 Å². The van der Waals surface area contributed by atoms with Gasteiger partial charge in [0, 0.05) is 29.5 Å². The number of benzene rings is 2. The number of hydrogen-bond donors (Lipinski definition) is 2. The van der Waals surface area contributed by atoms with Crippen LogP contribution in [0.3, 0.4) is 0 Å². The highest BCUT2D eigenvalue weighted by atomic mass is 16.6. The number of aromatic amines is 1. The summed E-state index contributed by atoms with van der Waals surface area (Å²) in [5, 5.41) is 16.1. The van der Waals surface area contributed by atoms with Crippen LogP contribution in [0.1, 0.15) is 25.7 Å². The van der Waals surface area contributed by atoms with E-state index in [-0.39, 0.29) is 22.6 Å². The molecule has 0 saturated carbocycles. The normalized spacial score (nSPS) is 12.6. The van der Waals surface area contributed by atoms with Crippen molar-refractivity contribution in [1.82, 2.24) is 15.0 Å². The van der Waals surface area contributed by atoms with Crippen LogP contribution >= 0.6 is 0 Å². The van der Waals surface area contributed by atoms with E-state index in [0.29, 0.717) is 5.39 Å². The first-order chi connectivity index (χ1) is 13.0. The van der Waals surface area contributed by atoms with Crippen molar-refractivity contribution in [1.29, 1.82) is 0 Å². The van der Waals surface area contributed by atoms with Crippen LogP contribution in [0.25, 0.3) is 21.8 Å². The molecule has 2 N–H and O–H groups in total. The standard InChI is InChI=1S/C20H19N5O2/c1-12(2)19(20-23-16-5-3-4-6-17(16)24-20)22-15-7-8-18(25(26)27)14-11-21-10-9-13(14)15/h3-12,19,22H,1-2H3,(H,23,24)/t19-/m1/s1. The Bertz CT molecular complexity index is 1100. The lowest BCUT2D eigenvalue weighted by atomic mass is 10.0. The van der Waals surface area contributed by atoms with Crippen molar-refractivity contribution in [2.24, 2.45) is 5.92 Å². The van der Waals surface area contributed by atoms with Gasteiger partial charge in [-0.1, -0.05) is 26.0 Å². The van der Waals surface area contributed by atoms with Gasteiger partial charge in [-0.3, -0.25) is 15.1 Å². The number of anilines is 1. The molecule has 1 atom stereocenters. The van der Waals surface area contributed by atoms with Crippen LogP contribution in [0, 0.1) is 16.0 Å². The summed E-state index contributed by atoms with van der Waals surface area (Å²) >= 11 is 0. The van der Waals surface area contributed by atoms with Gasteiger partial charge >= 0.3 is 0 Å². The summed E-state index contributed by atoms with van der Waals surface area (Å²) in [7, 11) is 0. The van der Waals surface area contributed by atoms with Crippen molar-refractivity contribution >= 4 is 33.2 Å². The zero-order valence-electron chi connectivity index (χ0n) is 15.0. The van der Waals surface area contributed by atoms with Crippen LogP contribution in [0.4, 0.5) is 11.4 Å². The predicted octanol–water partition coefficient (Wildman–Crippen LogP) is 4.83. The summed E-state index contributed by atoms with van der Waals surface area (Å²) in [5.41, 5.74) is 2.76. The van der Waals surface area contributed by atoms with E-state index in [9.17, 15) is 10.1 Å². The predicted molar refractivity (Wildman–Crippen MR) is 106 cm³/mol. The molecule has 136 valence electrons. The van der Waals surface area contributed by atoms with Crippen LogP contribution in [-0.2, 0) is 0 Å². The third-order valence-corrected chi connectivity index (χ3v) is 4.67. The van der Waals surface area contributed by atoms with Crippen LogP contribution in [0.15, 0.2) is 54.9 Å². The number of nitro benzene ring substituents is 1. The molecule has 0 radical (unpaired) electrons. The number of non-ortho nitro benzene ring substituents is 1. The smallest absolute Gasteiger partial charge is 0.278 e. The Morgan fingerprint density at radius 1 is 1.11 bits per heavy atom. The third-order valence-electron chi connectivity index (χ3n) is 4.67. The largest absolute Gasteiger partial charge is 0.374 e. The topological polar surface area (TPSA) is 96.7 Å². The molecule has 0 spiro atoms. The third kappa shape index (κ3) is 3.08. The lowest BCUT2D eigenvalue weighted by Crippen LogP contribution is -2.18. The maximum Gasteiger partial charge on any atom is 0.278 e. The lowest BCUT2D eigenvalue weighted by Gasteiger charge is -2.22. The van der Waals surface area contributed by atoms with E-state index in [1.807, 2.05) is 24.3 Å². The van der Waals surface area contributed by atoms with E-state index < -0.39 is 0 Å². The highest BCUT2D eigenvalue weighted by Crippen LogP contribution is 2.34. The number of nitrogens with zero attached hydrogens (tertiary/aromatic N) is 3. The van der Waals surface area contributed by atoms with Gasteiger partial charge in [-0.25, -0.2) is 4.98 Å². The van der Waals surface area contributed by atoms with Crippen molar-refractivity contribution in [3.63, 3.8) is 0 Å². The molecule has 2 heterocycles. The Balaban J connectivity index is 1.78. The number of nitrogens with one attached hydrogen (secondary N) is 2. The van der Waals surface area contributed by atoms with Crippen molar-refractivity contribution in [3.8, 4) is 0 Å². The van der Waals surface area contributed by atoms with Gasteiger partial charge in [0.2, 0.25) is 0 Å². The lowest BCUT2D eigenvalue weighted by molar-refractivity contribution is -0.383. The first-order valence-electron chi connectivity index (χ1n) is 8.77. The average molecular weight is 361 g/mol. The fourth-order valence-corrected chi connectivity index (χ4v) is 3.30. The molecule has 0 amide bonds. The van der Waals surface area contributed by atoms with Crippen molar-refractivity contribution in [2.75, 3.05) is 5.32 Å². The van der Waals surface area contributed by atoms with Crippen molar-refractivity contribution < 1.29 is 4.92 Å². The summed E-state index contributed by atoms with van der Waals surface area (Å²) in [6, 6.07) is 12.9. The number of aromatic nitrogens is 3. The Kier molecular flexibility index (Phi) is 4.19. The fourth-order valence-electron chi connectivity index (χ4n) is 3.30. The second-order valence-corrected chi connectivity index (χ2v) is 6.82. The van der Waals surface area contributed by atoms with Gasteiger partial charge < -0.3 is 10.3 Å². The highest BCUT2D eigenvalue weighted by Gasteiger charge is 2.22. The Hall–Kier alpha value is -3.48. The quantitative estimate of drug-likeness (QED) is 0.392. The number of rotatable bonds is 5. The fraction of sp³-hybridized carbons (Fsp3) is 0.200. The second kappa shape index (κ2) is 6.68. The van der Waals surface area contributed by atoms with Gasteiger partial charge in [-0.15, -0.1) is 0 Å². The molecule has 0 saturated heterocycles. The SMILES string of the molecule is CC(C)[C@@H](Nc1ccc([N+](=O)[O-])c2cnccc12)c1nc2ccccc2[nH]1. The Labute approximate surface area is 155 Å². The van der Waals surface area contributed by atoms with Gasteiger partial charge in [-0.05, 0) is 30.2 Å². The number of nitro groups is 1. The zero-order chi connectivity index (χ0) is 19.0. The average Bonchev–Trinajstić information content (AvgIpc) is 3.09. The molecule has 0 aliphatic carbocycles. The monoisotopic (exact) mass is 361 g/mol. The second-order valence-electron chi connectivity index (χ2n) is 6.82. The molecule has 7 nitrogen and oxygen atoms in total. The number of pyridine rings is 1. The van der Waals surface area contributed by atoms with Crippen LogP contribution < -0.4 is 5.32 Å². The molecule has 0 aliphatic rings. The number of imidazole rings is 1. The molecule has 0 aliphatic heterocycles. The van der Waals surface area contributed by atoms with Crippen molar-refractivity contribution in [2.45, 2.75) is 19.9 Å². The van der Waals surface area contributed by atoms with Crippen LogP contribution in [0.2, 0.25) is 0 Å². The van der Waals surface area contributed by atoms with Gasteiger partial charge in [0.1, 0.15) is 5.82 Å². The molecule has 0 bridgehead atoms. The molecule has 4 rings (SSSR count). The number of para-hydroxylation sites is 2. The molecule has 0 fully saturated rings. The number of H-pyrrole nitrogens is 1. The Morgan fingerprint density at radius 3 is 2.67 bits per heavy atom. The van der Waals surface area contributed by atoms with E-state index in [1.54, 1.807) is 18.3 Å². The van der Waals surface area contributed by atoms with Gasteiger partial charge in [-0.2, -0.15) is 0 Å². The molecule has 2 aromatic carbocycles. The summed E-state index contributed by atoms with van der Waals surface area (Å²) < 4.78 is 0. The summed E-state index contributed by atoms with van der Waals surface area (Å²) in [5.74, 6) is 1.09. The minimum atomic E-state index is -0.382. The molecule has 7 heteroatoms. The van der Waals surface area contributed by atoms with Crippen LogP contribution in [0.5, 0.6) is 0 Å². The minimum absolute atomic E-state index is 0.0495.